The first kappa shape index (κ1) is 14.4. The number of amides is 1. The lowest BCUT2D eigenvalue weighted by Crippen LogP contribution is -2.12. The molecule has 0 aliphatic heterocycles. The Balaban J connectivity index is 1.85. The number of nitrogens with zero attached hydrogens (tertiary/aromatic N) is 2. The van der Waals surface area contributed by atoms with E-state index in [1.807, 2.05) is 24.3 Å². The van der Waals surface area contributed by atoms with Gasteiger partial charge in [-0.3, -0.25) is 4.79 Å². The molecule has 0 radical (unpaired) electrons. The minimum Gasteiger partial charge on any atom is -0.484 e. The van der Waals surface area contributed by atoms with E-state index >= 15 is 0 Å². The summed E-state index contributed by atoms with van der Waals surface area (Å²) in [6, 6.07) is 7.82. The second kappa shape index (κ2) is 6.95. The fraction of sp³-hybridized carbons (Fsp3) is 0.308. The number of primary amides is 1. The van der Waals surface area contributed by atoms with Crippen LogP contribution in [0.4, 0.5) is 0 Å². The Labute approximate surface area is 120 Å². The van der Waals surface area contributed by atoms with Crippen molar-refractivity contribution in [1.29, 1.82) is 0 Å². The van der Waals surface area contributed by atoms with Gasteiger partial charge in [0.1, 0.15) is 5.75 Å². The van der Waals surface area contributed by atoms with Gasteiger partial charge >= 0.3 is 0 Å². The molecule has 7 heteroatoms. The highest BCUT2D eigenvalue weighted by atomic mass is 32.2. The quantitative estimate of drug-likeness (QED) is 0.782. The van der Waals surface area contributed by atoms with Crippen LogP contribution in [-0.4, -0.2) is 21.9 Å². The second-order valence-corrected chi connectivity index (χ2v) is 4.93. The summed E-state index contributed by atoms with van der Waals surface area (Å²) in [4.78, 5) is 10.6. The van der Waals surface area contributed by atoms with E-state index in [4.69, 9.17) is 14.9 Å². The van der Waals surface area contributed by atoms with Gasteiger partial charge < -0.3 is 14.9 Å². The Morgan fingerprint density at radius 2 is 2.10 bits per heavy atom. The van der Waals surface area contributed by atoms with E-state index < -0.39 is 5.91 Å². The van der Waals surface area contributed by atoms with Gasteiger partial charge in [-0.05, 0) is 24.1 Å². The van der Waals surface area contributed by atoms with Crippen LogP contribution in [-0.2, 0) is 17.8 Å². The number of thioether (sulfide) groups is 1. The monoisotopic (exact) mass is 293 g/mol. The van der Waals surface area contributed by atoms with Crippen molar-refractivity contribution in [3.05, 3.63) is 35.7 Å². The Hall–Kier alpha value is -2.02. The Bertz CT molecular complexity index is 568. The number of ether oxygens (including phenoxy) is 1. The van der Waals surface area contributed by atoms with Crippen molar-refractivity contribution in [1.82, 2.24) is 10.2 Å². The summed E-state index contributed by atoms with van der Waals surface area (Å²) in [5.41, 5.74) is 6.28. The molecule has 0 saturated carbocycles. The minimum absolute atomic E-state index is 0.112. The summed E-state index contributed by atoms with van der Waals surface area (Å²) in [5, 5.41) is 7.92. The fourth-order valence-corrected chi connectivity index (χ4v) is 1.97. The van der Waals surface area contributed by atoms with E-state index in [2.05, 4.69) is 17.1 Å². The normalized spacial score (nSPS) is 10.4. The maximum Gasteiger partial charge on any atom is 0.277 e. The topological polar surface area (TPSA) is 91.2 Å². The Kier molecular flexibility index (Phi) is 5.00. The molecule has 2 rings (SSSR count). The van der Waals surface area contributed by atoms with Gasteiger partial charge in [0.2, 0.25) is 5.91 Å². The third-order valence-electron chi connectivity index (χ3n) is 2.48. The molecule has 0 saturated heterocycles. The molecule has 1 aromatic heterocycles. The molecule has 0 bridgehead atoms. The highest BCUT2D eigenvalue weighted by Crippen LogP contribution is 2.17. The Morgan fingerprint density at radius 3 is 2.75 bits per heavy atom. The fourth-order valence-electron chi connectivity index (χ4n) is 1.45. The van der Waals surface area contributed by atoms with Crippen LogP contribution < -0.4 is 10.5 Å². The zero-order valence-corrected chi connectivity index (χ0v) is 11.9. The number of nitrogens with two attached hydrogens (primary N) is 1. The predicted octanol–water partition coefficient (Wildman–Crippen LogP) is 1.79. The van der Waals surface area contributed by atoms with Gasteiger partial charge in [-0.25, -0.2) is 0 Å². The number of aryl methyl sites for hydroxylation is 1. The first-order valence-electron chi connectivity index (χ1n) is 6.12. The summed E-state index contributed by atoms with van der Waals surface area (Å²) in [6.45, 7) is 2.29. The van der Waals surface area contributed by atoms with Crippen LogP contribution in [0.3, 0.4) is 0 Å². The molecule has 0 aliphatic carbocycles. The van der Waals surface area contributed by atoms with Crippen molar-refractivity contribution in [2.24, 2.45) is 5.73 Å². The van der Waals surface area contributed by atoms with E-state index in [-0.39, 0.29) is 12.4 Å². The molecule has 1 amide bonds. The number of aromatic nitrogens is 2. The van der Waals surface area contributed by atoms with Crippen LogP contribution in [0.1, 0.15) is 18.4 Å². The van der Waals surface area contributed by atoms with E-state index in [0.29, 0.717) is 11.1 Å². The number of carbonyl (C=O) groups is 1. The SMILES string of the molecule is CCc1ccc(OCc2nnc(SCC(N)=O)o2)cc1. The molecule has 0 aliphatic rings. The summed E-state index contributed by atoms with van der Waals surface area (Å²) in [6.07, 6.45) is 0.990. The van der Waals surface area contributed by atoms with Gasteiger partial charge in [0.15, 0.2) is 6.61 Å². The molecule has 106 valence electrons. The van der Waals surface area contributed by atoms with Crippen molar-refractivity contribution in [3.8, 4) is 5.75 Å². The van der Waals surface area contributed by atoms with Crippen LogP contribution in [0.15, 0.2) is 33.9 Å². The molecule has 0 unspecified atom stereocenters. The highest BCUT2D eigenvalue weighted by Gasteiger charge is 2.08. The van der Waals surface area contributed by atoms with E-state index in [9.17, 15) is 4.79 Å². The van der Waals surface area contributed by atoms with Crippen LogP contribution in [0.25, 0.3) is 0 Å². The number of hydrogen-bond donors (Lipinski definition) is 1. The summed E-state index contributed by atoms with van der Waals surface area (Å²) < 4.78 is 10.8. The van der Waals surface area contributed by atoms with Crippen molar-refractivity contribution in [3.63, 3.8) is 0 Å². The Morgan fingerprint density at radius 1 is 1.35 bits per heavy atom. The van der Waals surface area contributed by atoms with Crippen molar-refractivity contribution in [2.45, 2.75) is 25.2 Å². The maximum absolute atomic E-state index is 10.6. The maximum atomic E-state index is 10.6. The first-order valence-corrected chi connectivity index (χ1v) is 7.11. The molecule has 1 aromatic carbocycles. The number of hydrogen-bond acceptors (Lipinski definition) is 6. The van der Waals surface area contributed by atoms with Crippen LogP contribution in [0.2, 0.25) is 0 Å². The van der Waals surface area contributed by atoms with Crippen LogP contribution in [0.5, 0.6) is 5.75 Å². The van der Waals surface area contributed by atoms with Crippen molar-refractivity contribution < 1.29 is 13.9 Å². The number of rotatable bonds is 7. The third kappa shape index (κ3) is 4.27. The highest BCUT2D eigenvalue weighted by molar-refractivity contribution is 7.99. The lowest BCUT2D eigenvalue weighted by molar-refractivity contribution is -0.115. The zero-order chi connectivity index (χ0) is 14.4. The minimum atomic E-state index is -0.429. The molecule has 20 heavy (non-hydrogen) atoms. The van der Waals surface area contributed by atoms with Crippen molar-refractivity contribution >= 4 is 17.7 Å². The molecule has 0 atom stereocenters. The molecule has 0 fully saturated rings. The average Bonchev–Trinajstić information content (AvgIpc) is 2.91. The van der Waals surface area contributed by atoms with Gasteiger partial charge in [-0.1, -0.05) is 30.8 Å². The molecule has 2 aromatic rings. The summed E-state index contributed by atoms with van der Waals surface area (Å²) in [5.74, 6) is 0.784. The predicted molar refractivity (Wildman–Crippen MR) is 74.4 cm³/mol. The zero-order valence-electron chi connectivity index (χ0n) is 11.0. The van der Waals surface area contributed by atoms with Gasteiger partial charge in [0, 0.05) is 0 Å². The van der Waals surface area contributed by atoms with Crippen LogP contribution in [0, 0.1) is 0 Å². The lowest BCUT2D eigenvalue weighted by Gasteiger charge is -2.03. The molecular weight excluding hydrogens is 278 g/mol. The standard InChI is InChI=1S/C13H15N3O3S/c1-2-9-3-5-10(6-4-9)18-7-12-15-16-13(19-12)20-8-11(14)17/h3-6H,2,7-8H2,1H3,(H2,14,17). The molecule has 0 spiro atoms. The summed E-state index contributed by atoms with van der Waals surface area (Å²) in [7, 11) is 0. The summed E-state index contributed by atoms with van der Waals surface area (Å²) >= 11 is 1.11. The number of carbonyl (C=O) groups excluding carboxylic acids is 1. The van der Waals surface area contributed by atoms with Gasteiger partial charge in [-0.2, -0.15) is 0 Å². The van der Waals surface area contributed by atoms with E-state index in [1.54, 1.807) is 0 Å². The van der Waals surface area contributed by atoms with Gasteiger partial charge in [0.05, 0.1) is 5.75 Å². The van der Waals surface area contributed by atoms with Gasteiger partial charge in [-0.15, -0.1) is 10.2 Å². The second-order valence-electron chi connectivity index (χ2n) is 4.00. The van der Waals surface area contributed by atoms with Crippen molar-refractivity contribution in [2.75, 3.05) is 5.75 Å². The smallest absolute Gasteiger partial charge is 0.277 e. The van der Waals surface area contributed by atoms with Crippen LogP contribution >= 0.6 is 11.8 Å². The molecule has 1 heterocycles. The molecular formula is C13H15N3O3S. The average molecular weight is 293 g/mol. The number of benzene rings is 1. The molecule has 2 N–H and O–H groups in total. The lowest BCUT2D eigenvalue weighted by atomic mass is 10.2. The van der Waals surface area contributed by atoms with Gasteiger partial charge in [0.25, 0.3) is 11.1 Å². The molecule has 6 nitrogen and oxygen atoms in total. The van der Waals surface area contributed by atoms with E-state index in [0.717, 1.165) is 23.9 Å². The first-order chi connectivity index (χ1) is 9.67. The van der Waals surface area contributed by atoms with E-state index in [1.165, 1.54) is 5.56 Å². The largest absolute Gasteiger partial charge is 0.484 e. The third-order valence-corrected chi connectivity index (χ3v) is 3.32.